The van der Waals surface area contributed by atoms with Gasteiger partial charge in [0.05, 0.1) is 0 Å². The SMILES string of the molecule is CCC(C)CC(C)(C)CCC(F)(F)C(F)(F)C(F)(F)C(F)(F)C(F)(F)F. The Hall–Kier alpha value is -0.770. The van der Waals surface area contributed by atoms with Gasteiger partial charge in [-0.2, -0.15) is 48.3 Å². The second kappa shape index (κ2) is 7.33. The summed E-state index contributed by atoms with van der Waals surface area (Å²) in [6, 6.07) is 0. The predicted molar refractivity (Wildman–Crippen MR) is 72.9 cm³/mol. The van der Waals surface area contributed by atoms with Crippen molar-refractivity contribution in [2.75, 3.05) is 0 Å². The summed E-state index contributed by atoms with van der Waals surface area (Å²) in [7, 11) is 0. The lowest BCUT2D eigenvalue weighted by atomic mass is 9.77. The molecular weight excluding hydrogens is 389 g/mol. The number of alkyl halides is 11. The first-order valence-electron chi connectivity index (χ1n) is 7.74. The lowest BCUT2D eigenvalue weighted by Gasteiger charge is -2.38. The summed E-state index contributed by atoms with van der Waals surface area (Å²) >= 11 is 0. The normalized spacial score (nSPS) is 16.7. The van der Waals surface area contributed by atoms with Gasteiger partial charge < -0.3 is 0 Å². The molecule has 11 heteroatoms. The van der Waals surface area contributed by atoms with E-state index in [0.717, 1.165) is 0 Å². The number of hydrogen-bond acceptors (Lipinski definition) is 0. The minimum absolute atomic E-state index is 0.0184. The molecule has 0 aromatic carbocycles. The molecule has 0 spiro atoms. The van der Waals surface area contributed by atoms with Gasteiger partial charge in [-0.3, -0.25) is 0 Å². The summed E-state index contributed by atoms with van der Waals surface area (Å²) in [5.41, 5.74) is -1.03. The summed E-state index contributed by atoms with van der Waals surface area (Å²) in [6.45, 7) is 6.27. The fourth-order valence-electron chi connectivity index (χ4n) is 2.45. The van der Waals surface area contributed by atoms with Gasteiger partial charge >= 0.3 is 29.9 Å². The molecule has 0 N–H and O–H groups in total. The third-order valence-corrected chi connectivity index (χ3v) is 4.32. The van der Waals surface area contributed by atoms with Gasteiger partial charge in [0.1, 0.15) is 0 Å². The van der Waals surface area contributed by atoms with E-state index < -0.39 is 48.1 Å². The van der Waals surface area contributed by atoms with E-state index in [0.29, 0.717) is 6.42 Å². The van der Waals surface area contributed by atoms with Crippen molar-refractivity contribution in [3.63, 3.8) is 0 Å². The van der Waals surface area contributed by atoms with Gasteiger partial charge in [0, 0.05) is 6.42 Å². The zero-order chi connectivity index (χ0) is 21.4. The summed E-state index contributed by atoms with van der Waals surface area (Å²) in [6.07, 6.45) is -8.99. The molecule has 26 heavy (non-hydrogen) atoms. The van der Waals surface area contributed by atoms with Crippen molar-refractivity contribution in [2.45, 2.75) is 83.2 Å². The van der Waals surface area contributed by atoms with Crippen LogP contribution in [0.2, 0.25) is 0 Å². The first-order valence-corrected chi connectivity index (χ1v) is 7.74. The molecule has 0 fully saturated rings. The first kappa shape index (κ1) is 25.2. The summed E-state index contributed by atoms with van der Waals surface area (Å²) < 4.78 is 142. The highest BCUT2D eigenvalue weighted by molar-refractivity contribution is 5.06. The van der Waals surface area contributed by atoms with E-state index in [-0.39, 0.29) is 12.3 Å². The van der Waals surface area contributed by atoms with Crippen molar-refractivity contribution < 1.29 is 48.3 Å². The fraction of sp³-hybridized carbons (Fsp3) is 1.00. The standard InChI is InChI=1S/C15H21F11/c1-5-9(2)8-10(3,4)6-7-11(16,17)12(18,19)13(20,21)14(22,23)15(24,25)26/h9H,5-8H2,1-4H3. The molecule has 0 aromatic rings. The molecule has 0 nitrogen and oxygen atoms in total. The summed E-state index contributed by atoms with van der Waals surface area (Å²) in [4.78, 5) is 0. The molecule has 0 bridgehead atoms. The maximum atomic E-state index is 13.6. The van der Waals surface area contributed by atoms with Gasteiger partial charge in [0.25, 0.3) is 0 Å². The van der Waals surface area contributed by atoms with Crippen LogP contribution in [0.4, 0.5) is 48.3 Å². The number of halogens is 11. The highest BCUT2D eigenvalue weighted by atomic mass is 19.4. The Labute approximate surface area is 144 Å². The molecular formula is C15H21F11. The van der Waals surface area contributed by atoms with E-state index in [2.05, 4.69) is 0 Å². The van der Waals surface area contributed by atoms with Crippen molar-refractivity contribution >= 4 is 0 Å². The maximum Gasteiger partial charge on any atom is 0.460 e. The molecule has 0 rings (SSSR count). The summed E-state index contributed by atoms with van der Waals surface area (Å²) in [5, 5.41) is 0. The van der Waals surface area contributed by atoms with Crippen molar-refractivity contribution in [3.05, 3.63) is 0 Å². The van der Waals surface area contributed by atoms with Crippen LogP contribution in [0.1, 0.15) is 53.4 Å². The quantitative estimate of drug-likeness (QED) is 0.349. The molecule has 0 heterocycles. The third kappa shape index (κ3) is 4.74. The zero-order valence-electron chi connectivity index (χ0n) is 14.6. The largest absolute Gasteiger partial charge is 0.460 e. The van der Waals surface area contributed by atoms with Crippen LogP contribution in [-0.2, 0) is 0 Å². The van der Waals surface area contributed by atoms with Crippen LogP contribution in [0.25, 0.3) is 0 Å². The second-order valence-electron chi connectivity index (χ2n) is 7.31. The van der Waals surface area contributed by atoms with Crippen LogP contribution in [0, 0.1) is 11.3 Å². The monoisotopic (exact) mass is 410 g/mol. The highest BCUT2D eigenvalue weighted by Gasteiger charge is 2.86. The molecule has 1 atom stereocenters. The minimum atomic E-state index is -7.32. The Morgan fingerprint density at radius 3 is 1.42 bits per heavy atom. The molecule has 0 aliphatic heterocycles. The van der Waals surface area contributed by atoms with Gasteiger partial charge in [-0.25, -0.2) is 0 Å². The maximum absolute atomic E-state index is 13.6. The highest BCUT2D eigenvalue weighted by Crippen LogP contribution is 2.58. The Bertz CT molecular complexity index is 463. The second-order valence-corrected chi connectivity index (χ2v) is 7.31. The molecule has 0 amide bonds. The van der Waals surface area contributed by atoms with Gasteiger partial charge in [-0.1, -0.05) is 34.1 Å². The fourth-order valence-corrected chi connectivity index (χ4v) is 2.45. The van der Waals surface area contributed by atoms with E-state index in [1.807, 2.05) is 0 Å². The first-order chi connectivity index (χ1) is 11.2. The van der Waals surface area contributed by atoms with E-state index in [1.165, 1.54) is 13.8 Å². The zero-order valence-corrected chi connectivity index (χ0v) is 14.6. The van der Waals surface area contributed by atoms with E-state index >= 15 is 0 Å². The van der Waals surface area contributed by atoms with E-state index in [4.69, 9.17) is 0 Å². The number of hydrogen-bond donors (Lipinski definition) is 0. The average Bonchev–Trinajstić information content (AvgIpc) is 2.43. The smallest absolute Gasteiger partial charge is 0.200 e. The van der Waals surface area contributed by atoms with E-state index in [1.54, 1.807) is 13.8 Å². The molecule has 0 saturated carbocycles. The molecule has 0 aliphatic carbocycles. The Morgan fingerprint density at radius 2 is 1.08 bits per heavy atom. The van der Waals surface area contributed by atoms with Gasteiger partial charge in [0.15, 0.2) is 0 Å². The van der Waals surface area contributed by atoms with Crippen LogP contribution >= 0.6 is 0 Å². The van der Waals surface area contributed by atoms with Crippen LogP contribution in [0.5, 0.6) is 0 Å². The van der Waals surface area contributed by atoms with Crippen LogP contribution in [0.15, 0.2) is 0 Å². The molecule has 0 radical (unpaired) electrons. The topological polar surface area (TPSA) is 0 Å². The minimum Gasteiger partial charge on any atom is -0.200 e. The molecule has 158 valence electrons. The lowest BCUT2D eigenvalue weighted by Crippen LogP contribution is -2.66. The summed E-state index contributed by atoms with van der Waals surface area (Å²) in [5.74, 6) is -27.3. The lowest BCUT2D eigenvalue weighted by molar-refractivity contribution is -0.422. The third-order valence-electron chi connectivity index (χ3n) is 4.32. The van der Waals surface area contributed by atoms with Crippen LogP contribution in [0.3, 0.4) is 0 Å². The van der Waals surface area contributed by atoms with Crippen molar-refractivity contribution in [2.24, 2.45) is 11.3 Å². The molecule has 0 aromatic heterocycles. The Morgan fingerprint density at radius 1 is 0.654 bits per heavy atom. The van der Waals surface area contributed by atoms with Crippen molar-refractivity contribution in [1.82, 2.24) is 0 Å². The van der Waals surface area contributed by atoms with Gasteiger partial charge in [-0.15, -0.1) is 0 Å². The van der Waals surface area contributed by atoms with Crippen molar-refractivity contribution in [1.29, 1.82) is 0 Å². The molecule has 1 unspecified atom stereocenters. The van der Waals surface area contributed by atoms with Gasteiger partial charge in [0.2, 0.25) is 0 Å². The number of rotatable bonds is 9. The molecule has 0 aliphatic rings. The van der Waals surface area contributed by atoms with Gasteiger partial charge in [-0.05, 0) is 24.2 Å². The Kier molecular flexibility index (Phi) is 7.11. The average molecular weight is 410 g/mol. The Balaban J connectivity index is 5.56. The van der Waals surface area contributed by atoms with Crippen molar-refractivity contribution in [3.8, 4) is 0 Å². The molecule has 0 saturated heterocycles. The van der Waals surface area contributed by atoms with E-state index in [9.17, 15) is 48.3 Å². The predicted octanol–water partition coefficient (Wildman–Crippen LogP) is 7.33. The van der Waals surface area contributed by atoms with Crippen LogP contribution < -0.4 is 0 Å². The van der Waals surface area contributed by atoms with Crippen LogP contribution in [-0.4, -0.2) is 29.9 Å².